The Balaban J connectivity index is 0.730. The number of carbonyl (C=O) groups excluding carboxylic acids is 5. The number of rotatable bonds is 8. The summed E-state index contributed by atoms with van der Waals surface area (Å²) in [5, 5.41) is 11.8. The normalized spacial score (nSPS) is 24.2. The first-order chi connectivity index (χ1) is 28.1. The second-order valence-electron chi connectivity index (χ2n) is 16.5. The number of carbonyl (C=O) groups is 5. The molecule has 5 amide bonds. The summed E-state index contributed by atoms with van der Waals surface area (Å²) in [6.07, 6.45) is 5.82. The Labute approximate surface area is 342 Å². The van der Waals surface area contributed by atoms with Gasteiger partial charge in [0.2, 0.25) is 11.8 Å². The van der Waals surface area contributed by atoms with Gasteiger partial charge >= 0.3 is 0 Å². The zero-order valence-electron chi connectivity index (χ0n) is 32.3. The molecule has 3 aromatic carbocycles. The molecule has 4 fully saturated rings. The van der Waals surface area contributed by atoms with Crippen LogP contribution in [0.4, 0.5) is 11.4 Å². The molecule has 58 heavy (non-hydrogen) atoms. The van der Waals surface area contributed by atoms with E-state index in [9.17, 15) is 24.0 Å². The fourth-order valence-electron chi connectivity index (χ4n) is 9.73. The highest BCUT2D eigenvalue weighted by Crippen LogP contribution is 2.36. The van der Waals surface area contributed by atoms with Crippen LogP contribution in [0.2, 0.25) is 5.02 Å². The van der Waals surface area contributed by atoms with Crippen LogP contribution in [0, 0.1) is 17.2 Å². The summed E-state index contributed by atoms with van der Waals surface area (Å²) in [7, 11) is 0. The summed E-state index contributed by atoms with van der Waals surface area (Å²) in [4.78, 5) is 74.4. The molecule has 5 aliphatic heterocycles. The topological polar surface area (TPSA) is 147 Å². The quantitative estimate of drug-likeness (QED) is 0.309. The number of anilines is 2. The second-order valence-corrected chi connectivity index (χ2v) is 16.9. The molecule has 1 saturated carbocycles. The first-order valence-electron chi connectivity index (χ1n) is 20.5. The molecule has 300 valence electrons. The highest BCUT2D eigenvalue weighted by atomic mass is 35.5. The number of benzene rings is 3. The number of nitrogens with one attached hydrogen (secondary N) is 1. The van der Waals surface area contributed by atoms with E-state index >= 15 is 0 Å². The maximum atomic E-state index is 13.5. The molecule has 5 heterocycles. The van der Waals surface area contributed by atoms with Gasteiger partial charge in [-0.25, -0.2) is 0 Å². The van der Waals surface area contributed by atoms with Crippen LogP contribution >= 0.6 is 11.6 Å². The maximum absolute atomic E-state index is 13.5. The van der Waals surface area contributed by atoms with E-state index < -0.39 is 23.8 Å². The van der Waals surface area contributed by atoms with Crippen molar-refractivity contribution >= 4 is 52.5 Å². The number of hydrogen-bond donors (Lipinski definition) is 1. The molecule has 0 aromatic heterocycles. The summed E-state index contributed by atoms with van der Waals surface area (Å²) < 4.78 is 6.19. The van der Waals surface area contributed by atoms with Crippen LogP contribution in [0.15, 0.2) is 54.6 Å². The lowest BCUT2D eigenvalue weighted by molar-refractivity contribution is -0.136. The molecule has 0 bridgehead atoms. The number of piperazine rings is 1. The van der Waals surface area contributed by atoms with Crippen molar-refractivity contribution in [3.8, 4) is 11.8 Å². The number of nitriles is 1. The molecule has 9 rings (SSSR count). The van der Waals surface area contributed by atoms with Gasteiger partial charge in [0, 0.05) is 87.8 Å². The van der Waals surface area contributed by atoms with E-state index in [1.807, 2.05) is 12.1 Å². The number of ether oxygens (including phenoxy) is 1. The third-order valence-corrected chi connectivity index (χ3v) is 13.3. The van der Waals surface area contributed by atoms with Crippen LogP contribution in [0.3, 0.4) is 0 Å². The third-order valence-electron chi connectivity index (χ3n) is 13.0. The van der Waals surface area contributed by atoms with Crippen molar-refractivity contribution in [3.05, 3.63) is 87.4 Å². The molecule has 1 aliphatic carbocycles. The van der Waals surface area contributed by atoms with Crippen molar-refractivity contribution in [3.63, 3.8) is 0 Å². The van der Waals surface area contributed by atoms with Gasteiger partial charge in [0.1, 0.15) is 17.9 Å². The van der Waals surface area contributed by atoms with Gasteiger partial charge in [-0.2, -0.15) is 5.26 Å². The molecule has 0 radical (unpaired) electrons. The smallest absolute Gasteiger partial charge is 0.262 e. The zero-order valence-corrected chi connectivity index (χ0v) is 33.1. The van der Waals surface area contributed by atoms with Crippen LogP contribution in [-0.2, 0) is 16.1 Å². The summed E-state index contributed by atoms with van der Waals surface area (Å²) in [5.74, 6) is -0.593. The predicted molar refractivity (Wildman–Crippen MR) is 216 cm³/mol. The second kappa shape index (κ2) is 15.7. The summed E-state index contributed by atoms with van der Waals surface area (Å²) in [5.41, 5.74) is 5.05. The van der Waals surface area contributed by atoms with E-state index in [4.69, 9.17) is 21.6 Å². The van der Waals surface area contributed by atoms with Gasteiger partial charge in [0.05, 0.1) is 27.8 Å². The lowest BCUT2D eigenvalue weighted by Crippen LogP contribution is -2.54. The number of amides is 5. The molecule has 3 saturated heterocycles. The molecular weight excluding hydrogens is 758 g/mol. The standard InChI is InChI=1S/C44H46ClN7O6/c45-38-23-34(6-1-28(38)24-46)58-33-7-2-30(3-8-33)51-26-29-21-31(4-9-35(29)42(51)55)50-19-17-48(18-20-50)25-27-13-15-49(16-14-27)32-5-10-36-37(22-32)44(57)52(43(36)56)39-11-12-40(53)47-41(39)54/h1,4-6,9-10,21-23,27,30,33,39H,2-3,7-8,11-20,25-26H2,(H,47,53,54)/t30-,33-,39?. The maximum Gasteiger partial charge on any atom is 0.262 e. The molecule has 3 aromatic rings. The summed E-state index contributed by atoms with van der Waals surface area (Å²) in [6, 6.07) is 18.2. The zero-order chi connectivity index (χ0) is 40.1. The average molecular weight is 804 g/mol. The summed E-state index contributed by atoms with van der Waals surface area (Å²) >= 11 is 6.20. The minimum atomic E-state index is -0.968. The van der Waals surface area contributed by atoms with E-state index in [2.05, 4.69) is 43.1 Å². The van der Waals surface area contributed by atoms with E-state index in [1.165, 1.54) is 5.69 Å². The minimum absolute atomic E-state index is 0.0546. The first-order valence-corrected chi connectivity index (χ1v) is 20.9. The number of piperidine rings is 2. The Bertz CT molecular complexity index is 2220. The van der Waals surface area contributed by atoms with E-state index in [0.717, 1.165) is 106 Å². The lowest BCUT2D eigenvalue weighted by Gasteiger charge is -2.40. The van der Waals surface area contributed by atoms with Gasteiger partial charge in [0.15, 0.2) is 0 Å². The predicted octanol–water partition coefficient (Wildman–Crippen LogP) is 5.00. The van der Waals surface area contributed by atoms with Crippen LogP contribution in [-0.4, -0.2) is 108 Å². The van der Waals surface area contributed by atoms with E-state index in [-0.39, 0.29) is 36.8 Å². The van der Waals surface area contributed by atoms with Crippen molar-refractivity contribution in [1.82, 2.24) is 20.0 Å². The van der Waals surface area contributed by atoms with Gasteiger partial charge in [0.25, 0.3) is 17.7 Å². The fraction of sp³-hybridized carbons (Fsp3) is 0.455. The Morgan fingerprint density at radius 1 is 0.724 bits per heavy atom. The number of hydrogen-bond acceptors (Lipinski definition) is 10. The largest absolute Gasteiger partial charge is 0.490 e. The van der Waals surface area contributed by atoms with Crippen LogP contribution in [0.5, 0.6) is 5.75 Å². The van der Waals surface area contributed by atoms with Crippen LogP contribution < -0.4 is 19.9 Å². The lowest BCUT2D eigenvalue weighted by atomic mass is 9.92. The van der Waals surface area contributed by atoms with E-state index in [1.54, 1.807) is 30.3 Å². The molecule has 6 aliphatic rings. The molecule has 1 N–H and O–H groups in total. The highest BCUT2D eigenvalue weighted by molar-refractivity contribution is 6.31. The van der Waals surface area contributed by atoms with Crippen molar-refractivity contribution in [2.75, 3.05) is 55.6 Å². The Morgan fingerprint density at radius 2 is 1.41 bits per heavy atom. The Hall–Kier alpha value is -5.45. The van der Waals surface area contributed by atoms with Gasteiger partial charge in [-0.1, -0.05) is 11.6 Å². The number of imide groups is 2. The van der Waals surface area contributed by atoms with Gasteiger partial charge in [-0.3, -0.25) is 39.1 Å². The van der Waals surface area contributed by atoms with E-state index in [0.29, 0.717) is 39.9 Å². The molecule has 13 nitrogen and oxygen atoms in total. The fourth-order valence-corrected chi connectivity index (χ4v) is 9.94. The monoisotopic (exact) mass is 803 g/mol. The summed E-state index contributed by atoms with van der Waals surface area (Å²) in [6.45, 7) is 7.22. The van der Waals surface area contributed by atoms with Crippen molar-refractivity contribution in [2.24, 2.45) is 5.92 Å². The third kappa shape index (κ3) is 7.28. The molecule has 0 spiro atoms. The molecule has 1 unspecified atom stereocenters. The number of halogens is 1. The number of nitrogens with zero attached hydrogens (tertiary/aromatic N) is 6. The van der Waals surface area contributed by atoms with Crippen LogP contribution in [0.1, 0.15) is 93.6 Å². The van der Waals surface area contributed by atoms with Gasteiger partial charge < -0.3 is 19.4 Å². The highest BCUT2D eigenvalue weighted by Gasteiger charge is 2.45. The first kappa shape index (κ1) is 38.1. The van der Waals surface area contributed by atoms with Gasteiger partial charge in [-0.05, 0) is 105 Å². The SMILES string of the molecule is N#Cc1ccc(O[C@H]2CC[C@H](N3Cc4cc(N5CCN(CC6CCN(c7ccc8c(c7)C(=O)N(C7CCC(=O)NC7=O)C8=O)CC6)CC5)ccc4C3=O)CC2)cc1Cl. The Kier molecular flexibility index (Phi) is 10.3. The van der Waals surface area contributed by atoms with Crippen molar-refractivity contribution in [1.29, 1.82) is 5.26 Å². The Morgan fingerprint density at radius 3 is 2.12 bits per heavy atom. The van der Waals surface area contributed by atoms with Gasteiger partial charge in [-0.15, -0.1) is 0 Å². The minimum Gasteiger partial charge on any atom is -0.490 e. The van der Waals surface area contributed by atoms with Crippen molar-refractivity contribution < 1.29 is 28.7 Å². The number of fused-ring (bicyclic) bond motifs is 2. The molecular formula is C44H46ClN7O6. The molecule has 1 atom stereocenters. The molecule has 14 heteroatoms. The van der Waals surface area contributed by atoms with Crippen LogP contribution in [0.25, 0.3) is 0 Å². The van der Waals surface area contributed by atoms with Crippen molar-refractivity contribution in [2.45, 2.75) is 76.1 Å². The average Bonchev–Trinajstić information content (AvgIpc) is 3.69.